The van der Waals surface area contributed by atoms with Gasteiger partial charge in [-0.1, -0.05) is 12.1 Å². The Kier molecular flexibility index (Phi) is 12.2. The summed E-state index contributed by atoms with van der Waals surface area (Å²) in [5, 5.41) is 8.69. The lowest BCUT2D eigenvalue weighted by molar-refractivity contribution is -0.127. The molecule has 0 bridgehead atoms. The molecule has 166 valence electrons. The molecule has 0 aliphatic heterocycles. The summed E-state index contributed by atoms with van der Waals surface area (Å²) in [4.78, 5) is 19.1. The molecule has 1 amide bonds. The molecule has 2 rings (SSSR count). The Morgan fingerprint density at radius 2 is 1.77 bits per heavy atom. The Morgan fingerprint density at radius 3 is 2.37 bits per heavy atom. The lowest BCUT2D eigenvalue weighted by Gasteiger charge is -2.14. The van der Waals surface area contributed by atoms with Crippen LogP contribution in [0.5, 0.6) is 11.5 Å². The molecule has 0 radical (unpaired) electrons. The molecule has 9 heteroatoms. The number of carbonyl (C=O) groups is 1. The van der Waals surface area contributed by atoms with Gasteiger partial charge in [-0.05, 0) is 42.0 Å². The first-order valence-electron chi connectivity index (χ1n) is 9.49. The number of carbonyl (C=O) groups excluding carboxylic acids is 1. The van der Waals surface area contributed by atoms with Gasteiger partial charge in [-0.3, -0.25) is 4.79 Å². The van der Waals surface area contributed by atoms with Gasteiger partial charge in [-0.15, -0.1) is 35.3 Å². The SMILES string of the molecule is COc1ccc(CCNC(=NCC(=O)N(C)C)NCCc2cccs2)cc1OC.I. The van der Waals surface area contributed by atoms with Crippen LogP contribution in [-0.4, -0.2) is 64.7 Å². The number of nitrogens with one attached hydrogen (secondary N) is 2. The summed E-state index contributed by atoms with van der Waals surface area (Å²) in [7, 11) is 6.71. The van der Waals surface area contributed by atoms with Gasteiger partial charge < -0.3 is 25.0 Å². The van der Waals surface area contributed by atoms with E-state index in [2.05, 4.69) is 27.1 Å². The second kappa shape index (κ2) is 14.1. The van der Waals surface area contributed by atoms with E-state index < -0.39 is 0 Å². The van der Waals surface area contributed by atoms with Gasteiger partial charge in [-0.25, -0.2) is 4.99 Å². The quantitative estimate of drug-likeness (QED) is 0.273. The minimum atomic E-state index is -0.0377. The minimum Gasteiger partial charge on any atom is -0.493 e. The second-order valence-corrected chi connectivity index (χ2v) is 7.61. The zero-order valence-electron chi connectivity index (χ0n) is 17.9. The largest absolute Gasteiger partial charge is 0.493 e. The van der Waals surface area contributed by atoms with Crippen molar-refractivity contribution in [3.8, 4) is 11.5 Å². The maximum absolute atomic E-state index is 11.9. The molecule has 1 heterocycles. The molecular formula is C21H31IN4O3S. The highest BCUT2D eigenvalue weighted by molar-refractivity contribution is 14.0. The third kappa shape index (κ3) is 8.78. The molecule has 0 aliphatic carbocycles. The second-order valence-electron chi connectivity index (χ2n) is 6.58. The van der Waals surface area contributed by atoms with Crippen LogP contribution in [-0.2, 0) is 17.6 Å². The summed E-state index contributed by atoms with van der Waals surface area (Å²) in [6.45, 7) is 1.53. The number of nitrogens with zero attached hydrogens (tertiary/aromatic N) is 2. The highest BCUT2D eigenvalue weighted by Gasteiger charge is 2.07. The molecule has 7 nitrogen and oxygen atoms in total. The molecule has 2 N–H and O–H groups in total. The van der Waals surface area contributed by atoms with Gasteiger partial charge in [0.05, 0.1) is 14.2 Å². The number of halogens is 1. The predicted octanol–water partition coefficient (Wildman–Crippen LogP) is 2.79. The molecular weight excluding hydrogens is 515 g/mol. The highest BCUT2D eigenvalue weighted by atomic mass is 127. The molecule has 30 heavy (non-hydrogen) atoms. The molecule has 2 aromatic rings. The van der Waals surface area contributed by atoms with E-state index in [9.17, 15) is 4.79 Å². The van der Waals surface area contributed by atoms with E-state index in [4.69, 9.17) is 9.47 Å². The van der Waals surface area contributed by atoms with E-state index in [-0.39, 0.29) is 36.4 Å². The standard InChI is InChI=1S/C21H30N4O3S.HI/c1-25(2)20(26)15-24-21(23-12-10-17-6-5-13-29-17)22-11-9-16-7-8-18(27-3)19(14-16)28-4;/h5-8,13-14H,9-12,15H2,1-4H3,(H2,22,23,24);1H. The molecule has 1 aromatic carbocycles. The summed E-state index contributed by atoms with van der Waals surface area (Å²) < 4.78 is 10.6. The number of amides is 1. The van der Waals surface area contributed by atoms with Gasteiger partial charge in [0.2, 0.25) is 5.91 Å². The lowest BCUT2D eigenvalue weighted by atomic mass is 10.1. The molecule has 1 aromatic heterocycles. The monoisotopic (exact) mass is 546 g/mol. The van der Waals surface area contributed by atoms with E-state index in [1.165, 1.54) is 9.78 Å². The number of guanidine groups is 1. The zero-order valence-corrected chi connectivity index (χ0v) is 21.1. The van der Waals surface area contributed by atoms with Crippen LogP contribution in [0.4, 0.5) is 0 Å². The Balaban J connectivity index is 0.00000450. The van der Waals surface area contributed by atoms with Crippen LogP contribution in [0, 0.1) is 0 Å². The van der Waals surface area contributed by atoms with Gasteiger partial charge in [0.15, 0.2) is 17.5 Å². The van der Waals surface area contributed by atoms with Gasteiger partial charge in [-0.2, -0.15) is 0 Å². The molecule has 0 saturated heterocycles. The summed E-state index contributed by atoms with van der Waals surface area (Å²) in [5.74, 6) is 2.02. The number of benzene rings is 1. The zero-order chi connectivity index (χ0) is 21.1. The van der Waals surface area contributed by atoms with Crippen LogP contribution in [0.25, 0.3) is 0 Å². The van der Waals surface area contributed by atoms with Crippen molar-refractivity contribution in [2.45, 2.75) is 12.8 Å². The Morgan fingerprint density at radius 1 is 1.07 bits per heavy atom. The molecule has 0 spiro atoms. The molecule has 0 fully saturated rings. The van der Waals surface area contributed by atoms with Crippen LogP contribution < -0.4 is 20.1 Å². The highest BCUT2D eigenvalue weighted by Crippen LogP contribution is 2.27. The smallest absolute Gasteiger partial charge is 0.243 e. The fourth-order valence-corrected chi connectivity index (χ4v) is 3.29. The van der Waals surface area contributed by atoms with Crippen LogP contribution in [0.1, 0.15) is 10.4 Å². The number of likely N-dealkylation sites (N-methyl/N-ethyl adjacent to an activating group) is 1. The van der Waals surface area contributed by atoms with Crippen molar-refractivity contribution in [1.82, 2.24) is 15.5 Å². The first kappa shape index (κ1) is 26.0. The summed E-state index contributed by atoms with van der Waals surface area (Å²) in [5.41, 5.74) is 1.12. The van der Waals surface area contributed by atoms with Crippen LogP contribution in [0.2, 0.25) is 0 Å². The number of hydrogen-bond acceptors (Lipinski definition) is 5. The van der Waals surface area contributed by atoms with Crippen molar-refractivity contribution in [2.75, 3.05) is 47.9 Å². The number of aliphatic imine (C=N–C) groups is 1. The van der Waals surface area contributed by atoms with Gasteiger partial charge in [0.25, 0.3) is 0 Å². The van der Waals surface area contributed by atoms with Crippen molar-refractivity contribution in [3.05, 3.63) is 46.2 Å². The van der Waals surface area contributed by atoms with E-state index in [1.807, 2.05) is 24.3 Å². The van der Waals surface area contributed by atoms with Crippen LogP contribution in [0.3, 0.4) is 0 Å². The molecule has 0 atom stereocenters. The maximum atomic E-state index is 11.9. The van der Waals surface area contributed by atoms with E-state index in [0.717, 1.165) is 24.9 Å². The summed E-state index contributed by atoms with van der Waals surface area (Å²) in [6, 6.07) is 10.0. The third-order valence-corrected chi connectivity index (χ3v) is 5.21. The number of methoxy groups -OCH3 is 2. The predicted molar refractivity (Wildman–Crippen MR) is 134 cm³/mol. The fraction of sp³-hybridized carbons (Fsp3) is 0.429. The topological polar surface area (TPSA) is 75.2 Å². The number of rotatable bonds is 10. The van der Waals surface area contributed by atoms with Crippen LogP contribution >= 0.6 is 35.3 Å². The van der Waals surface area contributed by atoms with Gasteiger partial charge in [0, 0.05) is 32.1 Å². The van der Waals surface area contributed by atoms with Gasteiger partial charge >= 0.3 is 0 Å². The Hall–Kier alpha value is -2.01. The third-order valence-electron chi connectivity index (χ3n) is 4.27. The summed E-state index contributed by atoms with van der Waals surface area (Å²) >= 11 is 1.74. The lowest BCUT2D eigenvalue weighted by Crippen LogP contribution is -2.40. The Bertz CT molecular complexity index is 798. The normalized spacial score (nSPS) is 10.7. The first-order valence-corrected chi connectivity index (χ1v) is 10.4. The first-order chi connectivity index (χ1) is 14.0. The van der Waals surface area contributed by atoms with Crippen LogP contribution in [0.15, 0.2) is 40.7 Å². The van der Waals surface area contributed by atoms with Crippen molar-refractivity contribution >= 4 is 47.2 Å². The van der Waals surface area contributed by atoms with Crippen molar-refractivity contribution in [2.24, 2.45) is 4.99 Å². The number of thiophene rings is 1. The molecule has 0 saturated carbocycles. The molecule has 0 unspecified atom stereocenters. The van der Waals surface area contributed by atoms with E-state index in [1.54, 1.807) is 39.7 Å². The average Bonchev–Trinajstić information content (AvgIpc) is 3.24. The number of hydrogen-bond donors (Lipinski definition) is 2. The fourth-order valence-electron chi connectivity index (χ4n) is 2.58. The van der Waals surface area contributed by atoms with Crippen molar-refractivity contribution in [3.63, 3.8) is 0 Å². The van der Waals surface area contributed by atoms with Gasteiger partial charge in [0.1, 0.15) is 6.54 Å². The van der Waals surface area contributed by atoms with Crippen molar-refractivity contribution in [1.29, 1.82) is 0 Å². The number of ether oxygens (including phenoxy) is 2. The summed E-state index contributed by atoms with van der Waals surface area (Å²) in [6.07, 6.45) is 1.70. The Labute approximate surface area is 199 Å². The molecule has 0 aliphatic rings. The average molecular weight is 546 g/mol. The maximum Gasteiger partial charge on any atom is 0.243 e. The minimum absolute atomic E-state index is 0. The van der Waals surface area contributed by atoms with Crippen molar-refractivity contribution < 1.29 is 14.3 Å². The van der Waals surface area contributed by atoms with E-state index in [0.29, 0.717) is 24.0 Å². The van der Waals surface area contributed by atoms with E-state index >= 15 is 0 Å².